The van der Waals surface area contributed by atoms with Gasteiger partial charge >= 0.3 is 6.03 Å². The first-order chi connectivity index (χ1) is 12.2. The van der Waals surface area contributed by atoms with Gasteiger partial charge in [-0.15, -0.1) is 11.8 Å². The van der Waals surface area contributed by atoms with E-state index in [1.807, 2.05) is 61.9 Å². The molecule has 2 rings (SSSR count). The molecular weight excluding hydrogens is 346 g/mol. The van der Waals surface area contributed by atoms with Crippen LogP contribution >= 0.6 is 11.8 Å². The van der Waals surface area contributed by atoms with Gasteiger partial charge in [0.05, 0.1) is 12.3 Å². The van der Waals surface area contributed by atoms with Crippen molar-refractivity contribution in [3.8, 4) is 0 Å². The minimum Gasteiger partial charge on any atom is -0.468 e. The standard InChI is InChI=1S/C20H29N3O2S/c1-14-12-15(26-20(2,3)4)9-10-16(14)22-19(24)21-13-17(23(5)6)18-8-7-11-25-18/h7-12,17H,13H2,1-6H3,(H2,21,22,24). The molecule has 0 saturated heterocycles. The normalized spacial score (nSPS) is 12.9. The Bertz CT molecular complexity index is 721. The quantitative estimate of drug-likeness (QED) is 0.705. The molecule has 2 N–H and O–H groups in total. The van der Waals surface area contributed by atoms with Gasteiger partial charge in [0.1, 0.15) is 5.76 Å². The predicted molar refractivity (Wildman–Crippen MR) is 109 cm³/mol. The van der Waals surface area contributed by atoms with Crippen molar-refractivity contribution in [2.45, 2.75) is 43.4 Å². The van der Waals surface area contributed by atoms with E-state index >= 15 is 0 Å². The summed E-state index contributed by atoms with van der Waals surface area (Å²) in [5, 5.41) is 5.86. The number of rotatable bonds is 6. The van der Waals surface area contributed by atoms with E-state index in [2.05, 4.69) is 37.5 Å². The molecule has 142 valence electrons. The third-order valence-corrected chi connectivity index (χ3v) is 4.92. The molecule has 0 aliphatic heterocycles. The number of amides is 2. The predicted octanol–water partition coefficient (Wildman–Crippen LogP) is 4.90. The number of hydrogen-bond acceptors (Lipinski definition) is 4. The molecule has 0 aliphatic carbocycles. The maximum atomic E-state index is 12.3. The monoisotopic (exact) mass is 375 g/mol. The lowest BCUT2D eigenvalue weighted by atomic mass is 10.2. The van der Waals surface area contributed by atoms with E-state index in [4.69, 9.17) is 4.42 Å². The van der Waals surface area contributed by atoms with Crippen LogP contribution in [0.15, 0.2) is 45.9 Å². The summed E-state index contributed by atoms with van der Waals surface area (Å²) in [5.74, 6) is 0.829. The number of nitrogens with zero attached hydrogens (tertiary/aromatic N) is 1. The summed E-state index contributed by atoms with van der Waals surface area (Å²) in [6.07, 6.45) is 1.65. The van der Waals surface area contributed by atoms with Gasteiger partial charge in [0, 0.05) is 21.9 Å². The number of likely N-dealkylation sites (N-methyl/N-ethyl adjacent to an activating group) is 1. The number of hydrogen-bond donors (Lipinski definition) is 2. The molecule has 5 nitrogen and oxygen atoms in total. The Morgan fingerprint density at radius 3 is 2.54 bits per heavy atom. The minimum absolute atomic E-state index is 0.0117. The van der Waals surface area contributed by atoms with Gasteiger partial charge in [-0.3, -0.25) is 4.90 Å². The number of carbonyl (C=O) groups excluding carboxylic acids is 1. The second-order valence-corrected chi connectivity index (χ2v) is 9.42. The number of anilines is 1. The summed E-state index contributed by atoms with van der Waals surface area (Å²) in [5.41, 5.74) is 1.87. The van der Waals surface area contributed by atoms with Gasteiger partial charge in [0.2, 0.25) is 0 Å². The van der Waals surface area contributed by atoms with Gasteiger partial charge in [-0.05, 0) is 56.9 Å². The summed E-state index contributed by atoms with van der Waals surface area (Å²) < 4.78 is 5.62. The largest absolute Gasteiger partial charge is 0.468 e. The number of thioether (sulfide) groups is 1. The van der Waals surface area contributed by atoms with Crippen LogP contribution in [-0.4, -0.2) is 36.3 Å². The van der Waals surface area contributed by atoms with Gasteiger partial charge in [-0.1, -0.05) is 20.8 Å². The summed E-state index contributed by atoms with van der Waals surface area (Å²) in [4.78, 5) is 15.5. The number of urea groups is 1. The molecule has 0 bridgehead atoms. The van der Waals surface area contributed by atoms with Crippen LogP contribution in [0.5, 0.6) is 0 Å². The average molecular weight is 376 g/mol. The molecule has 6 heteroatoms. The average Bonchev–Trinajstić information content (AvgIpc) is 3.02. The summed E-state index contributed by atoms with van der Waals surface area (Å²) in [6.45, 7) is 9.03. The van der Waals surface area contributed by atoms with E-state index in [9.17, 15) is 4.79 Å². The van der Waals surface area contributed by atoms with Crippen LogP contribution in [0.3, 0.4) is 0 Å². The molecule has 0 aliphatic rings. The van der Waals surface area contributed by atoms with Crippen molar-refractivity contribution in [1.29, 1.82) is 0 Å². The molecule has 1 aromatic heterocycles. The molecule has 26 heavy (non-hydrogen) atoms. The maximum Gasteiger partial charge on any atom is 0.319 e. The molecule has 1 aromatic carbocycles. The first-order valence-electron chi connectivity index (χ1n) is 8.70. The van der Waals surface area contributed by atoms with Crippen LogP contribution in [-0.2, 0) is 0 Å². The van der Waals surface area contributed by atoms with Gasteiger partial charge in [0.15, 0.2) is 0 Å². The zero-order valence-electron chi connectivity index (χ0n) is 16.4. The third kappa shape index (κ3) is 6.11. The second kappa shape index (κ2) is 8.64. The molecule has 0 saturated carbocycles. The molecule has 2 amide bonds. The van der Waals surface area contributed by atoms with E-state index in [0.717, 1.165) is 17.0 Å². The molecule has 1 unspecified atom stereocenters. The lowest BCUT2D eigenvalue weighted by Crippen LogP contribution is -2.36. The second-order valence-electron chi connectivity index (χ2n) is 7.52. The van der Waals surface area contributed by atoms with Gasteiger partial charge in [-0.2, -0.15) is 0 Å². The molecule has 1 heterocycles. The van der Waals surface area contributed by atoms with Crippen molar-refractivity contribution < 1.29 is 9.21 Å². The van der Waals surface area contributed by atoms with Crippen molar-refractivity contribution in [2.24, 2.45) is 0 Å². The van der Waals surface area contributed by atoms with Crippen LogP contribution < -0.4 is 10.6 Å². The van der Waals surface area contributed by atoms with E-state index in [-0.39, 0.29) is 16.8 Å². The summed E-state index contributed by atoms with van der Waals surface area (Å²) in [7, 11) is 3.92. The molecule has 0 spiro atoms. The molecule has 2 aromatic rings. The summed E-state index contributed by atoms with van der Waals surface area (Å²) >= 11 is 1.81. The topological polar surface area (TPSA) is 57.5 Å². The number of benzene rings is 1. The van der Waals surface area contributed by atoms with Gasteiger partial charge < -0.3 is 15.1 Å². The maximum absolute atomic E-state index is 12.3. The number of aryl methyl sites for hydroxylation is 1. The highest BCUT2D eigenvalue weighted by atomic mass is 32.2. The zero-order valence-corrected chi connectivity index (χ0v) is 17.2. The first-order valence-corrected chi connectivity index (χ1v) is 9.52. The highest BCUT2D eigenvalue weighted by Gasteiger charge is 2.18. The summed E-state index contributed by atoms with van der Waals surface area (Å²) in [6, 6.07) is 9.65. The Kier molecular flexibility index (Phi) is 6.78. The molecule has 0 fully saturated rings. The number of nitrogens with one attached hydrogen (secondary N) is 2. The smallest absolute Gasteiger partial charge is 0.319 e. The Labute approximate surface area is 160 Å². The van der Waals surface area contributed by atoms with Crippen LogP contribution in [0.1, 0.15) is 38.1 Å². The van der Waals surface area contributed by atoms with Crippen molar-refractivity contribution in [3.63, 3.8) is 0 Å². The van der Waals surface area contributed by atoms with Crippen LogP contribution in [0.2, 0.25) is 0 Å². The number of furan rings is 1. The van der Waals surface area contributed by atoms with E-state index < -0.39 is 0 Å². The molecule has 1 atom stereocenters. The zero-order chi connectivity index (χ0) is 19.3. The van der Waals surface area contributed by atoms with E-state index in [1.54, 1.807) is 6.26 Å². The lowest BCUT2D eigenvalue weighted by molar-refractivity contribution is 0.233. The fraction of sp³-hybridized carbons (Fsp3) is 0.450. The highest BCUT2D eigenvalue weighted by Crippen LogP contribution is 2.33. The Morgan fingerprint density at radius 2 is 2.00 bits per heavy atom. The third-order valence-electron chi connectivity index (χ3n) is 3.82. The van der Waals surface area contributed by atoms with E-state index in [1.165, 1.54) is 4.90 Å². The fourth-order valence-corrected chi connectivity index (χ4v) is 3.65. The number of carbonyl (C=O) groups is 1. The Hall–Kier alpha value is -1.92. The van der Waals surface area contributed by atoms with Crippen LogP contribution in [0.25, 0.3) is 0 Å². The van der Waals surface area contributed by atoms with Crippen molar-refractivity contribution in [2.75, 3.05) is 26.0 Å². The SMILES string of the molecule is Cc1cc(SC(C)(C)C)ccc1NC(=O)NCC(c1ccco1)N(C)C. The molecular formula is C20H29N3O2S. The van der Waals surface area contributed by atoms with E-state index in [0.29, 0.717) is 6.54 Å². The fourth-order valence-electron chi connectivity index (χ4n) is 2.57. The van der Waals surface area contributed by atoms with Crippen molar-refractivity contribution >= 4 is 23.5 Å². The van der Waals surface area contributed by atoms with Crippen molar-refractivity contribution in [1.82, 2.24) is 10.2 Å². The van der Waals surface area contributed by atoms with Gasteiger partial charge in [0.25, 0.3) is 0 Å². The Balaban J connectivity index is 1.95. The lowest BCUT2D eigenvalue weighted by Gasteiger charge is -2.23. The van der Waals surface area contributed by atoms with Crippen LogP contribution in [0.4, 0.5) is 10.5 Å². The minimum atomic E-state index is -0.220. The Morgan fingerprint density at radius 1 is 1.27 bits per heavy atom. The van der Waals surface area contributed by atoms with Crippen molar-refractivity contribution in [3.05, 3.63) is 47.9 Å². The first kappa shape index (κ1) is 20.4. The van der Waals surface area contributed by atoms with Gasteiger partial charge in [-0.25, -0.2) is 4.79 Å². The molecule has 0 radical (unpaired) electrons. The van der Waals surface area contributed by atoms with Crippen LogP contribution in [0, 0.1) is 6.92 Å². The highest BCUT2D eigenvalue weighted by molar-refractivity contribution is 8.00.